The third-order valence-electron chi connectivity index (χ3n) is 3.52. The van der Waals surface area contributed by atoms with Crippen LogP contribution >= 0.6 is 0 Å². The summed E-state index contributed by atoms with van der Waals surface area (Å²) in [4.78, 5) is 57.3. The number of aliphatic carboxylic acids is 2. The highest BCUT2D eigenvalue weighted by atomic mass is 16.4. The average molecular weight is 374 g/mol. The summed E-state index contributed by atoms with van der Waals surface area (Å²) in [6.07, 6.45) is -0.804. The lowest BCUT2D eigenvalue weighted by atomic mass is 10.0. The van der Waals surface area contributed by atoms with E-state index in [1.807, 2.05) is 5.32 Å². The van der Waals surface area contributed by atoms with E-state index in [2.05, 4.69) is 10.6 Å². The Morgan fingerprint density at radius 1 is 0.808 bits per heavy atom. The van der Waals surface area contributed by atoms with Crippen LogP contribution in [0.1, 0.15) is 34.1 Å². The molecule has 0 aliphatic carbocycles. The van der Waals surface area contributed by atoms with Gasteiger partial charge in [0.1, 0.15) is 18.1 Å². The van der Waals surface area contributed by atoms with E-state index in [1.54, 1.807) is 13.8 Å². The van der Waals surface area contributed by atoms with Crippen molar-refractivity contribution in [1.29, 1.82) is 0 Å². The number of carboxylic acids is 2. The van der Waals surface area contributed by atoms with E-state index >= 15 is 0 Å². The summed E-state index contributed by atoms with van der Waals surface area (Å²) < 4.78 is 0. The quantitative estimate of drug-likeness (QED) is 0.254. The van der Waals surface area contributed by atoms with E-state index < -0.39 is 60.2 Å². The van der Waals surface area contributed by atoms with Gasteiger partial charge in [0, 0.05) is 0 Å². The number of amides is 3. The first-order valence-electron chi connectivity index (χ1n) is 7.98. The van der Waals surface area contributed by atoms with Gasteiger partial charge in [-0.3, -0.25) is 19.2 Å². The van der Waals surface area contributed by atoms with Crippen molar-refractivity contribution >= 4 is 29.7 Å². The summed E-state index contributed by atoms with van der Waals surface area (Å²) in [6, 6.07) is -4.54. The first-order chi connectivity index (χ1) is 11.9. The molecule has 0 saturated carbocycles. The molecular weight excluding hydrogens is 348 g/mol. The molecule has 11 nitrogen and oxygen atoms in total. The molecule has 0 aromatic carbocycles. The number of carboxylic acid groups (broad SMARTS) is 2. The number of hydrogen-bond donors (Lipinski definition) is 6. The van der Waals surface area contributed by atoms with Crippen LogP contribution in [0.2, 0.25) is 0 Å². The largest absolute Gasteiger partial charge is 0.481 e. The van der Waals surface area contributed by atoms with Gasteiger partial charge in [-0.15, -0.1) is 0 Å². The van der Waals surface area contributed by atoms with Gasteiger partial charge in [0.05, 0.1) is 12.5 Å². The first kappa shape index (κ1) is 23.3. The van der Waals surface area contributed by atoms with Crippen LogP contribution in [-0.2, 0) is 24.0 Å². The molecule has 0 radical (unpaired) electrons. The lowest BCUT2D eigenvalue weighted by molar-refractivity contribution is -0.147. The Morgan fingerprint density at radius 3 is 1.62 bits per heavy atom. The van der Waals surface area contributed by atoms with Crippen molar-refractivity contribution < 1.29 is 34.2 Å². The Bertz CT molecular complexity index is 564. The van der Waals surface area contributed by atoms with E-state index in [0.717, 1.165) is 0 Å². The summed E-state index contributed by atoms with van der Waals surface area (Å²) in [5.41, 5.74) is 5.67. The second kappa shape index (κ2) is 10.3. The molecule has 0 bridgehead atoms. The fraction of sp³-hybridized carbons (Fsp3) is 0.667. The van der Waals surface area contributed by atoms with Crippen molar-refractivity contribution in [3.63, 3.8) is 0 Å². The number of hydrogen-bond acceptors (Lipinski definition) is 6. The Balaban J connectivity index is 4.68. The van der Waals surface area contributed by atoms with Crippen LogP contribution in [0.3, 0.4) is 0 Å². The summed E-state index contributed by atoms with van der Waals surface area (Å²) in [5.74, 6) is -5.11. The first-order valence-corrected chi connectivity index (χ1v) is 7.98. The normalized spacial score (nSPS) is 15.3. The second-order valence-electron chi connectivity index (χ2n) is 6.23. The van der Waals surface area contributed by atoms with Gasteiger partial charge in [-0.1, -0.05) is 13.8 Å². The van der Waals surface area contributed by atoms with Crippen LogP contribution in [0, 0.1) is 5.92 Å². The summed E-state index contributed by atoms with van der Waals surface area (Å²) in [7, 11) is 0. The molecule has 0 aromatic heterocycles. The third kappa shape index (κ3) is 7.92. The van der Waals surface area contributed by atoms with E-state index in [4.69, 9.17) is 15.9 Å². The molecule has 4 atom stereocenters. The fourth-order valence-electron chi connectivity index (χ4n) is 1.75. The van der Waals surface area contributed by atoms with Crippen molar-refractivity contribution in [2.24, 2.45) is 11.7 Å². The predicted octanol–water partition coefficient (Wildman–Crippen LogP) is -1.98. The SMILES string of the molecule is CC(NC(=O)C(C)NC(=O)C(N)C(C)C)C(=O)NC(CC(=O)O)C(=O)O. The Hall–Kier alpha value is -2.69. The van der Waals surface area contributed by atoms with E-state index in [1.165, 1.54) is 13.8 Å². The molecular formula is C15H26N4O7. The molecule has 0 rings (SSSR count). The number of rotatable bonds is 10. The molecule has 0 spiro atoms. The third-order valence-corrected chi connectivity index (χ3v) is 3.52. The highest BCUT2D eigenvalue weighted by Gasteiger charge is 2.28. The maximum Gasteiger partial charge on any atom is 0.326 e. The van der Waals surface area contributed by atoms with Crippen molar-refractivity contribution in [1.82, 2.24) is 16.0 Å². The van der Waals surface area contributed by atoms with Gasteiger partial charge in [0.15, 0.2) is 0 Å². The van der Waals surface area contributed by atoms with Crippen LogP contribution in [0.5, 0.6) is 0 Å². The number of nitrogens with one attached hydrogen (secondary N) is 3. The summed E-state index contributed by atoms with van der Waals surface area (Å²) in [6.45, 7) is 6.19. The van der Waals surface area contributed by atoms with E-state index in [-0.39, 0.29) is 5.92 Å². The molecule has 0 saturated heterocycles. The standard InChI is InChI=1S/C15H26N4O7/c1-6(2)11(16)14(24)18-7(3)12(22)17-8(4)13(23)19-9(15(25)26)5-10(20)21/h6-9,11H,5,16H2,1-4H3,(H,17,22)(H,18,24)(H,19,23)(H,20,21)(H,25,26). The zero-order valence-corrected chi connectivity index (χ0v) is 15.1. The topological polar surface area (TPSA) is 188 Å². The summed E-state index contributed by atoms with van der Waals surface area (Å²) >= 11 is 0. The molecule has 0 aliphatic rings. The molecule has 0 aliphatic heterocycles. The van der Waals surface area contributed by atoms with Gasteiger partial charge in [-0.2, -0.15) is 0 Å². The second-order valence-corrected chi connectivity index (χ2v) is 6.23. The van der Waals surface area contributed by atoms with Gasteiger partial charge in [-0.05, 0) is 19.8 Å². The highest BCUT2D eigenvalue weighted by molar-refractivity contribution is 5.94. The Morgan fingerprint density at radius 2 is 1.23 bits per heavy atom. The fourth-order valence-corrected chi connectivity index (χ4v) is 1.75. The van der Waals surface area contributed by atoms with E-state index in [0.29, 0.717) is 0 Å². The van der Waals surface area contributed by atoms with Crippen molar-refractivity contribution in [3.05, 3.63) is 0 Å². The van der Waals surface area contributed by atoms with Crippen LogP contribution in [0.4, 0.5) is 0 Å². The highest BCUT2D eigenvalue weighted by Crippen LogP contribution is 1.99. The van der Waals surface area contributed by atoms with Crippen LogP contribution in [0.15, 0.2) is 0 Å². The molecule has 7 N–H and O–H groups in total. The minimum Gasteiger partial charge on any atom is -0.481 e. The minimum atomic E-state index is -1.62. The van der Waals surface area contributed by atoms with Gasteiger partial charge in [0.2, 0.25) is 17.7 Å². The smallest absolute Gasteiger partial charge is 0.326 e. The van der Waals surface area contributed by atoms with Gasteiger partial charge >= 0.3 is 11.9 Å². The maximum atomic E-state index is 12.0. The number of carbonyl (C=O) groups excluding carboxylic acids is 3. The minimum absolute atomic E-state index is 0.128. The molecule has 0 aromatic rings. The maximum absolute atomic E-state index is 12.0. The van der Waals surface area contributed by atoms with E-state index in [9.17, 15) is 24.0 Å². The average Bonchev–Trinajstić information content (AvgIpc) is 2.52. The molecule has 4 unspecified atom stereocenters. The number of carbonyl (C=O) groups is 5. The van der Waals surface area contributed by atoms with Crippen LogP contribution in [-0.4, -0.2) is 64.0 Å². The van der Waals surface area contributed by atoms with Gasteiger partial charge < -0.3 is 31.9 Å². The Kier molecular flexibility index (Phi) is 9.27. The summed E-state index contributed by atoms with van der Waals surface area (Å²) in [5, 5.41) is 24.3. The molecule has 3 amide bonds. The van der Waals surface area contributed by atoms with Crippen molar-refractivity contribution in [3.8, 4) is 0 Å². The molecule has 148 valence electrons. The molecule has 0 heterocycles. The van der Waals surface area contributed by atoms with Crippen LogP contribution < -0.4 is 21.7 Å². The van der Waals surface area contributed by atoms with Crippen molar-refractivity contribution in [2.75, 3.05) is 0 Å². The lowest BCUT2D eigenvalue weighted by Crippen LogP contribution is -2.56. The van der Waals surface area contributed by atoms with Gasteiger partial charge in [0.25, 0.3) is 0 Å². The van der Waals surface area contributed by atoms with Crippen molar-refractivity contribution in [2.45, 2.75) is 58.3 Å². The zero-order chi connectivity index (χ0) is 20.6. The number of nitrogens with two attached hydrogens (primary N) is 1. The monoisotopic (exact) mass is 374 g/mol. The van der Waals surface area contributed by atoms with Crippen LogP contribution in [0.25, 0.3) is 0 Å². The molecule has 11 heteroatoms. The molecule has 26 heavy (non-hydrogen) atoms. The predicted molar refractivity (Wildman–Crippen MR) is 89.8 cm³/mol. The molecule has 0 fully saturated rings. The van der Waals surface area contributed by atoms with Gasteiger partial charge in [-0.25, -0.2) is 4.79 Å². The zero-order valence-electron chi connectivity index (χ0n) is 15.1. The Labute approximate surface area is 150 Å². The lowest BCUT2D eigenvalue weighted by Gasteiger charge is -2.22.